The normalized spacial score (nSPS) is 22.5. The number of amides is 1. The number of pyridine rings is 1. The minimum absolute atomic E-state index is 0.0766. The number of rotatable bonds is 3. The molecule has 124 valence electrons. The van der Waals surface area contributed by atoms with Gasteiger partial charge in [-0.1, -0.05) is 0 Å². The Hall–Kier alpha value is -2.70. The predicted octanol–water partition coefficient (Wildman–Crippen LogP) is 1.09. The van der Waals surface area contributed by atoms with Gasteiger partial charge in [0.1, 0.15) is 12.1 Å². The van der Waals surface area contributed by atoms with Gasteiger partial charge in [0.2, 0.25) is 5.88 Å². The zero-order valence-electron chi connectivity index (χ0n) is 13.5. The fraction of sp³-hybridized carbons (Fsp3) is 0.412. The van der Waals surface area contributed by atoms with Gasteiger partial charge in [-0.2, -0.15) is 0 Å². The number of hydrogen-bond donors (Lipinski definition) is 0. The SMILES string of the molecule is COc1cc(N2C[C@H]3CN(C(=O)c4cccnc4)C[C@H]3C2)ncn1. The summed E-state index contributed by atoms with van der Waals surface area (Å²) < 4.78 is 5.17. The van der Waals surface area contributed by atoms with E-state index in [0.29, 0.717) is 23.3 Å². The number of ether oxygens (including phenoxy) is 1. The number of carbonyl (C=O) groups excluding carboxylic acids is 1. The summed E-state index contributed by atoms with van der Waals surface area (Å²) in [7, 11) is 1.60. The van der Waals surface area contributed by atoms with Gasteiger partial charge in [0.05, 0.1) is 12.7 Å². The van der Waals surface area contributed by atoms with Crippen LogP contribution in [0.4, 0.5) is 5.82 Å². The van der Waals surface area contributed by atoms with Crippen molar-refractivity contribution in [2.45, 2.75) is 0 Å². The van der Waals surface area contributed by atoms with Crippen molar-refractivity contribution >= 4 is 11.7 Å². The summed E-state index contributed by atoms with van der Waals surface area (Å²) >= 11 is 0. The van der Waals surface area contributed by atoms with Crippen LogP contribution < -0.4 is 9.64 Å². The average Bonchev–Trinajstić information content (AvgIpc) is 3.21. The Bertz CT molecular complexity index is 725. The monoisotopic (exact) mass is 325 g/mol. The standard InChI is InChI=1S/C17H19N5O2/c1-24-16-5-15(19-11-20-16)21-7-13-9-22(10-14(13)8-21)17(23)12-3-2-4-18-6-12/h2-6,11,13-14H,7-10H2,1H3/t13-,14+. The third-order valence-electron chi connectivity index (χ3n) is 4.84. The summed E-state index contributed by atoms with van der Waals surface area (Å²) in [6, 6.07) is 5.48. The molecule has 4 heterocycles. The van der Waals surface area contributed by atoms with Crippen molar-refractivity contribution in [1.82, 2.24) is 19.9 Å². The summed E-state index contributed by atoms with van der Waals surface area (Å²) in [6.45, 7) is 3.39. The smallest absolute Gasteiger partial charge is 0.255 e. The molecule has 0 N–H and O–H groups in total. The number of anilines is 1. The molecule has 0 radical (unpaired) electrons. The van der Waals surface area contributed by atoms with Crippen LogP contribution in [0.5, 0.6) is 5.88 Å². The molecule has 2 aliphatic rings. The van der Waals surface area contributed by atoms with Crippen LogP contribution in [-0.4, -0.2) is 59.0 Å². The minimum atomic E-state index is 0.0766. The molecular weight excluding hydrogens is 306 g/mol. The summed E-state index contributed by atoms with van der Waals surface area (Å²) in [5.41, 5.74) is 0.662. The van der Waals surface area contributed by atoms with E-state index in [4.69, 9.17) is 4.74 Å². The van der Waals surface area contributed by atoms with Gasteiger partial charge in [0.25, 0.3) is 5.91 Å². The van der Waals surface area contributed by atoms with Gasteiger partial charge in [0, 0.05) is 56.5 Å². The van der Waals surface area contributed by atoms with Gasteiger partial charge in [-0.3, -0.25) is 9.78 Å². The van der Waals surface area contributed by atoms with E-state index in [1.807, 2.05) is 17.0 Å². The van der Waals surface area contributed by atoms with Crippen LogP contribution in [0.3, 0.4) is 0 Å². The lowest BCUT2D eigenvalue weighted by Crippen LogP contribution is -2.33. The van der Waals surface area contributed by atoms with Gasteiger partial charge in [-0.05, 0) is 12.1 Å². The lowest BCUT2D eigenvalue weighted by atomic mass is 10.0. The van der Waals surface area contributed by atoms with Crippen molar-refractivity contribution in [3.63, 3.8) is 0 Å². The van der Waals surface area contributed by atoms with Crippen LogP contribution >= 0.6 is 0 Å². The average molecular weight is 325 g/mol. The zero-order valence-corrected chi connectivity index (χ0v) is 13.5. The van der Waals surface area contributed by atoms with E-state index in [-0.39, 0.29) is 5.91 Å². The topological polar surface area (TPSA) is 71.5 Å². The molecule has 2 aromatic heterocycles. The molecular formula is C17H19N5O2. The zero-order chi connectivity index (χ0) is 16.5. The van der Waals surface area contributed by atoms with E-state index in [9.17, 15) is 4.79 Å². The van der Waals surface area contributed by atoms with Crippen LogP contribution in [0.15, 0.2) is 36.9 Å². The van der Waals surface area contributed by atoms with Crippen LogP contribution in [0.1, 0.15) is 10.4 Å². The van der Waals surface area contributed by atoms with Crippen LogP contribution in [-0.2, 0) is 0 Å². The Kier molecular flexibility index (Phi) is 3.76. The van der Waals surface area contributed by atoms with Gasteiger partial charge < -0.3 is 14.5 Å². The highest BCUT2D eigenvalue weighted by atomic mass is 16.5. The largest absolute Gasteiger partial charge is 0.481 e. The number of hydrogen-bond acceptors (Lipinski definition) is 6. The molecule has 0 aromatic carbocycles. The van der Waals surface area contributed by atoms with Crippen molar-refractivity contribution in [3.05, 3.63) is 42.5 Å². The molecule has 0 aliphatic carbocycles. The molecule has 0 unspecified atom stereocenters. The number of nitrogens with zero attached hydrogens (tertiary/aromatic N) is 5. The van der Waals surface area contributed by atoms with Crippen LogP contribution in [0.2, 0.25) is 0 Å². The second-order valence-corrected chi connectivity index (χ2v) is 6.30. The fourth-order valence-electron chi connectivity index (χ4n) is 3.63. The first-order valence-corrected chi connectivity index (χ1v) is 8.05. The number of likely N-dealkylation sites (tertiary alicyclic amines) is 1. The lowest BCUT2D eigenvalue weighted by Gasteiger charge is -2.22. The van der Waals surface area contributed by atoms with Crippen molar-refractivity contribution in [3.8, 4) is 5.88 Å². The Balaban J connectivity index is 1.42. The Morgan fingerprint density at radius 1 is 1.21 bits per heavy atom. The maximum absolute atomic E-state index is 12.5. The van der Waals surface area contributed by atoms with E-state index in [1.165, 1.54) is 6.33 Å². The summed E-state index contributed by atoms with van der Waals surface area (Å²) in [6.07, 6.45) is 4.85. The summed E-state index contributed by atoms with van der Waals surface area (Å²) in [4.78, 5) is 29.2. The van der Waals surface area contributed by atoms with E-state index < -0.39 is 0 Å². The molecule has 7 heteroatoms. The molecule has 2 saturated heterocycles. The maximum Gasteiger partial charge on any atom is 0.255 e. The third-order valence-corrected chi connectivity index (χ3v) is 4.84. The molecule has 0 bridgehead atoms. The Morgan fingerprint density at radius 3 is 2.67 bits per heavy atom. The molecule has 1 amide bonds. The molecule has 2 fully saturated rings. The minimum Gasteiger partial charge on any atom is -0.481 e. The fourth-order valence-corrected chi connectivity index (χ4v) is 3.63. The molecule has 2 aromatic rings. The van der Waals surface area contributed by atoms with E-state index in [0.717, 1.165) is 32.0 Å². The van der Waals surface area contributed by atoms with Crippen molar-refractivity contribution < 1.29 is 9.53 Å². The first-order chi connectivity index (χ1) is 11.7. The van der Waals surface area contributed by atoms with E-state index >= 15 is 0 Å². The first-order valence-electron chi connectivity index (χ1n) is 8.05. The van der Waals surface area contributed by atoms with Crippen molar-refractivity contribution in [2.75, 3.05) is 38.2 Å². The molecule has 2 aliphatic heterocycles. The molecule has 0 spiro atoms. The Labute approximate surface area is 140 Å². The highest BCUT2D eigenvalue weighted by molar-refractivity contribution is 5.94. The van der Waals surface area contributed by atoms with E-state index in [1.54, 1.807) is 25.6 Å². The number of methoxy groups -OCH3 is 1. The van der Waals surface area contributed by atoms with Crippen molar-refractivity contribution in [1.29, 1.82) is 0 Å². The number of fused-ring (bicyclic) bond motifs is 1. The van der Waals surface area contributed by atoms with Crippen LogP contribution in [0.25, 0.3) is 0 Å². The number of aromatic nitrogens is 3. The van der Waals surface area contributed by atoms with Gasteiger partial charge in [0.15, 0.2) is 0 Å². The maximum atomic E-state index is 12.5. The molecule has 24 heavy (non-hydrogen) atoms. The van der Waals surface area contributed by atoms with Crippen molar-refractivity contribution in [2.24, 2.45) is 11.8 Å². The van der Waals surface area contributed by atoms with Gasteiger partial charge >= 0.3 is 0 Å². The highest BCUT2D eigenvalue weighted by Crippen LogP contribution is 2.34. The summed E-state index contributed by atoms with van der Waals surface area (Å²) in [5.74, 6) is 2.50. The third kappa shape index (κ3) is 2.66. The second-order valence-electron chi connectivity index (χ2n) is 6.30. The van der Waals surface area contributed by atoms with Gasteiger partial charge in [-0.15, -0.1) is 0 Å². The molecule has 7 nitrogen and oxygen atoms in total. The Morgan fingerprint density at radius 2 is 2.00 bits per heavy atom. The lowest BCUT2D eigenvalue weighted by molar-refractivity contribution is 0.0782. The van der Waals surface area contributed by atoms with E-state index in [2.05, 4.69) is 19.9 Å². The molecule has 0 saturated carbocycles. The summed E-state index contributed by atoms with van der Waals surface area (Å²) in [5, 5.41) is 0. The quantitative estimate of drug-likeness (QED) is 0.841. The number of carbonyl (C=O) groups is 1. The highest BCUT2D eigenvalue weighted by Gasteiger charge is 2.42. The first kappa shape index (κ1) is 14.9. The molecule has 2 atom stereocenters. The predicted molar refractivity (Wildman–Crippen MR) is 87.9 cm³/mol. The second kappa shape index (κ2) is 6.07. The van der Waals surface area contributed by atoms with Gasteiger partial charge in [-0.25, -0.2) is 9.97 Å². The van der Waals surface area contributed by atoms with Crippen LogP contribution in [0, 0.1) is 11.8 Å². The molecule has 4 rings (SSSR count).